The predicted molar refractivity (Wildman–Crippen MR) is 88.5 cm³/mol. The largest absolute Gasteiger partial charge is 0.505 e. The first-order chi connectivity index (χ1) is 11.9. The molecule has 1 heterocycles. The maximum atomic E-state index is 12.2. The van der Waals surface area contributed by atoms with Crippen molar-refractivity contribution in [3.8, 4) is 0 Å². The number of carbonyl (C=O) groups is 2. The van der Waals surface area contributed by atoms with E-state index in [9.17, 15) is 24.9 Å². The Labute approximate surface area is 144 Å². The number of benzene rings is 1. The molecule has 8 nitrogen and oxygen atoms in total. The van der Waals surface area contributed by atoms with E-state index < -0.39 is 42.3 Å². The van der Waals surface area contributed by atoms with Crippen LogP contribution in [0.5, 0.6) is 0 Å². The van der Waals surface area contributed by atoms with Crippen LogP contribution in [0.1, 0.15) is 24.2 Å². The first-order valence-corrected chi connectivity index (χ1v) is 7.92. The van der Waals surface area contributed by atoms with E-state index in [-0.39, 0.29) is 5.56 Å². The highest BCUT2D eigenvalue weighted by molar-refractivity contribution is 5.91. The zero-order chi connectivity index (χ0) is 18.6. The van der Waals surface area contributed by atoms with E-state index in [1.54, 1.807) is 24.3 Å². The smallest absolute Gasteiger partial charge is 0.378 e. The molecule has 0 fully saturated rings. The average molecular weight is 351 g/mol. The van der Waals surface area contributed by atoms with Crippen molar-refractivity contribution in [3.63, 3.8) is 0 Å². The molecule has 0 amide bonds. The zero-order valence-electron chi connectivity index (χ0n) is 14.0. The molecule has 3 N–H and O–H groups in total. The number of cyclic esters (lactones) is 1. The van der Waals surface area contributed by atoms with Crippen LogP contribution in [0.4, 0.5) is 5.69 Å². The van der Waals surface area contributed by atoms with Crippen molar-refractivity contribution in [2.75, 3.05) is 24.6 Å². The van der Waals surface area contributed by atoms with Gasteiger partial charge in [-0.15, -0.1) is 0 Å². The van der Waals surface area contributed by atoms with Gasteiger partial charge in [-0.3, -0.25) is 0 Å². The van der Waals surface area contributed by atoms with Gasteiger partial charge in [-0.05, 0) is 38.1 Å². The highest BCUT2D eigenvalue weighted by Gasteiger charge is 2.41. The number of anilines is 1. The first-order valence-electron chi connectivity index (χ1n) is 7.92. The summed E-state index contributed by atoms with van der Waals surface area (Å²) in [5.41, 5.74) is 1.20. The molecule has 0 bridgehead atoms. The number of esters is 2. The van der Waals surface area contributed by atoms with Crippen molar-refractivity contribution >= 4 is 17.6 Å². The molecule has 1 aromatic rings. The van der Waals surface area contributed by atoms with Crippen molar-refractivity contribution < 1.29 is 34.4 Å². The molecule has 0 radical (unpaired) electrons. The minimum absolute atomic E-state index is 0.242. The Morgan fingerprint density at radius 1 is 1.24 bits per heavy atom. The van der Waals surface area contributed by atoms with Gasteiger partial charge in [0.05, 0.1) is 12.2 Å². The number of hydrogen-bond acceptors (Lipinski definition) is 8. The van der Waals surface area contributed by atoms with E-state index in [4.69, 9.17) is 9.47 Å². The maximum Gasteiger partial charge on any atom is 0.378 e. The number of hydrogen-bond donors (Lipinski definition) is 3. The Hall–Kier alpha value is -2.74. The molecule has 0 aromatic heterocycles. The normalized spacial score (nSPS) is 18.0. The zero-order valence-corrected chi connectivity index (χ0v) is 14.0. The van der Waals surface area contributed by atoms with Gasteiger partial charge in [0, 0.05) is 18.8 Å². The van der Waals surface area contributed by atoms with Gasteiger partial charge in [0.15, 0.2) is 11.9 Å². The van der Waals surface area contributed by atoms with Crippen LogP contribution in [0.3, 0.4) is 0 Å². The minimum Gasteiger partial charge on any atom is -0.505 e. The molecular formula is C17H21NO7. The van der Waals surface area contributed by atoms with Crippen LogP contribution in [0.2, 0.25) is 0 Å². The molecule has 1 aliphatic rings. The molecule has 1 aliphatic heterocycles. The molecule has 8 heteroatoms. The Morgan fingerprint density at radius 2 is 1.84 bits per heavy atom. The van der Waals surface area contributed by atoms with Gasteiger partial charge in [-0.25, -0.2) is 9.59 Å². The van der Waals surface area contributed by atoms with Crippen molar-refractivity contribution in [2.24, 2.45) is 0 Å². The standard InChI is InChI=1S/C17H21NO7/c1-3-18(4-2)11-7-5-10(6-8-11)16(22)24-12(9-19)15-13(20)14(21)17(23)25-15/h5-8,12,15,19-21H,3-4,9H2,1-2H3. The quantitative estimate of drug-likeness (QED) is 0.630. The van der Waals surface area contributed by atoms with E-state index >= 15 is 0 Å². The topological polar surface area (TPSA) is 117 Å². The van der Waals surface area contributed by atoms with E-state index in [1.165, 1.54) is 0 Å². The second-order valence-electron chi connectivity index (χ2n) is 5.41. The van der Waals surface area contributed by atoms with E-state index in [0.29, 0.717) is 0 Å². The fourth-order valence-corrected chi connectivity index (χ4v) is 2.52. The highest BCUT2D eigenvalue weighted by atomic mass is 16.6. The third-order valence-corrected chi connectivity index (χ3v) is 3.95. The van der Waals surface area contributed by atoms with Gasteiger partial charge >= 0.3 is 11.9 Å². The molecule has 0 spiro atoms. The number of rotatable bonds is 7. The number of ether oxygens (including phenoxy) is 2. The van der Waals surface area contributed by atoms with Gasteiger partial charge in [0.2, 0.25) is 11.9 Å². The average Bonchev–Trinajstić information content (AvgIpc) is 2.88. The second kappa shape index (κ2) is 7.89. The van der Waals surface area contributed by atoms with E-state index in [2.05, 4.69) is 4.90 Å². The van der Waals surface area contributed by atoms with Crippen LogP contribution in [-0.2, 0) is 14.3 Å². The third-order valence-electron chi connectivity index (χ3n) is 3.95. The molecule has 136 valence electrons. The van der Waals surface area contributed by atoms with Crippen LogP contribution in [-0.4, -0.2) is 59.2 Å². The van der Waals surface area contributed by atoms with Crippen LogP contribution in [0.25, 0.3) is 0 Å². The lowest BCUT2D eigenvalue weighted by Crippen LogP contribution is -2.36. The lowest BCUT2D eigenvalue weighted by Gasteiger charge is -2.22. The molecular weight excluding hydrogens is 330 g/mol. The van der Waals surface area contributed by atoms with E-state index in [1.807, 2.05) is 13.8 Å². The summed E-state index contributed by atoms with van der Waals surface area (Å²) in [4.78, 5) is 25.5. The number of aliphatic hydroxyl groups excluding tert-OH is 3. The number of nitrogens with zero attached hydrogens (tertiary/aromatic N) is 1. The molecule has 25 heavy (non-hydrogen) atoms. The summed E-state index contributed by atoms with van der Waals surface area (Å²) >= 11 is 0. The third kappa shape index (κ3) is 3.85. The molecule has 2 rings (SSSR count). The summed E-state index contributed by atoms with van der Waals surface area (Å²) in [5.74, 6) is -3.61. The SMILES string of the molecule is CCN(CC)c1ccc(C(=O)OC(CO)C2OC(=O)C(O)=C2O)cc1. The monoisotopic (exact) mass is 351 g/mol. The second-order valence-corrected chi connectivity index (χ2v) is 5.41. The van der Waals surface area contributed by atoms with Crippen molar-refractivity contribution in [1.29, 1.82) is 0 Å². The molecule has 2 atom stereocenters. The lowest BCUT2D eigenvalue weighted by molar-refractivity contribution is -0.148. The Balaban J connectivity index is 2.09. The van der Waals surface area contributed by atoms with Crippen molar-refractivity contribution in [3.05, 3.63) is 41.3 Å². The van der Waals surface area contributed by atoms with Crippen LogP contribution in [0.15, 0.2) is 35.8 Å². The first kappa shape index (κ1) is 18.6. The summed E-state index contributed by atoms with van der Waals surface area (Å²) < 4.78 is 9.80. The summed E-state index contributed by atoms with van der Waals surface area (Å²) in [6.45, 7) is 5.01. The van der Waals surface area contributed by atoms with Crippen molar-refractivity contribution in [2.45, 2.75) is 26.1 Å². The molecule has 1 aromatic carbocycles. The summed E-state index contributed by atoms with van der Waals surface area (Å²) in [5, 5.41) is 28.3. The predicted octanol–water partition coefficient (Wildman–Crippen LogP) is 1.30. The van der Waals surface area contributed by atoms with Crippen LogP contribution in [0, 0.1) is 0 Å². The van der Waals surface area contributed by atoms with Crippen LogP contribution >= 0.6 is 0 Å². The van der Waals surface area contributed by atoms with E-state index in [0.717, 1.165) is 18.8 Å². The van der Waals surface area contributed by atoms with Gasteiger partial charge in [0.25, 0.3) is 0 Å². The summed E-state index contributed by atoms with van der Waals surface area (Å²) in [6.07, 6.45) is -2.76. The molecule has 2 unspecified atom stereocenters. The fourth-order valence-electron chi connectivity index (χ4n) is 2.52. The number of aliphatic hydroxyl groups is 3. The molecule has 0 saturated carbocycles. The van der Waals surface area contributed by atoms with Crippen LogP contribution < -0.4 is 4.90 Å². The van der Waals surface area contributed by atoms with Crippen molar-refractivity contribution in [1.82, 2.24) is 0 Å². The highest BCUT2D eigenvalue weighted by Crippen LogP contribution is 2.24. The minimum atomic E-state index is -1.43. The lowest BCUT2D eigenvalue weighted by atomic mass is 10.1. The fraction of sp³-hybridized carbons (Fsp3) is 0.412. The number of carbonyl (C=O) groups excluding carboxylic acids is 2. The van der Waals surface area contributed by atoms with Gasteiger partial charge in [0.1, 0.15) is 0 Å². The Morgan fingerprint density at radius 3 is 2.28 bits per heavy atom. The van der Waals surface area contributed by atoms with Gasteiger partial charge in [-0.1, -0.05) is 0 Å². The Bertz CT molecular complexity index is 664. The Kier molecular flexibility index (Phi) is 5.87. The molecule has 0 aliphatic carbocycles. The maximum absolute atomic E-state index is 12.2. The summed E-state index contributed by atoms with van der Waals surface area (Å²) in [6, 6.07) is 6.71. The van der Waals surface area contributed by atoms with Gasteiger partial charge < -0.3 is 29.7 Å². The summed E-state index contributed by atoms with van der Waals surface area (Å²) in [7, 11) is 0. The molecule has 0 saturated heterocycles. The van der Waals surface area contributed by atoms with Gasteiger partial charge in [-0.2, -0.15) is 0 Å².